The Kier molecular flexibility index (Phi) is 4.90. The Morgan fingerprint density at radius 2 is 1.84 bits per heavy atom. The van der Waals surface area contributed by atoms with Gasteiger partial charge in [-0.05, 0) is 38.3 Å². The summed E-state index contributed by atoms with van der Waals surface area (Å²) < 4.78 is 23.2. The molecule has 0 spiro atoms. The van der Waals surface area contributed by atoms with E-state index in [1.165, 1.54) is 38.5 Å². The fourth-order valence-corrected chi connectivity index (χ4v) is 5.49. The first-order valence-electron chi connectivity index (χ1n) is 7.57. The molecule has 4 nitrogen and oxygen atoms in total. The van der Waals surface area contributed by atoms with E-state index in [1.807, 2.05) is 0 Å². The van der Waals surface area contributed by atoms with Crippen molar-refractivity contribution in [2.45, 2.75) is 51.0 Å². The summed E-state index contributed by atoms with van der Waals surface area (Å²) in [7, 11) is -0.711. The van der Waals surface area contributed by atoms with Crippen LogP contribution in [0.3, 0.4) is 0 Å². The molecule has 1 saturated carbocycles. The maximum atomic E-state index is 11.6. The zero-order valence-electron chi connectivity index (χ0n) is 12.1. The van der Waals surface area contributed by atoms with E-state index < -0.39 is 9.84 Å². The summed E-state index contributed by atoms with van der Waals surface area (Å²) in [6, 6.07) is 0.205. The van der Waals surface area contributed by atoms with Gasteiger partial charge in [-0.1, -0.05) is 25.7 Å². The van der Waals surface area contributed by atoms with Crippen molar-refractivity contribution in [3.05, 3.63) is 0 Å². The summed E-state index contributed by atoms with van der Waals surface area (Å²) in [4.78, 5) is 2.27. The van der Waals surface area contributed by atoms with Crippen molar-refractivity contribution in [1.82, 2.24) is 4.90 Å². The van der Waals surface area contributed by atoms with Gasteiger partial charge in [0, 0.05) is 12.6 Å². The van der Waals surface area contributed by atoms with Gasteiger partial charge in [-0.2, -0.15) is 0 Å². The molecule has 1 atom stereocenters. The van der Waals surface area contributed by atoms with E-state index in [0.717, 1.165) is 19.5 Å². The van der Waals surface area contributed by atoms with Crippen LogP contribution in [0.5, 0.6) is 0 Å². The lowest BCUT2D eigenvalue weighted by atomic mass is 9.79. The first-order valence-corrected chi connectivity index (χ1v) is 9.39. The SMILES string of the molecule is CN(CC1(CN)CCCCCC1)C1CCS(=O)(=O)C1. The van der Waals surface area contributed by atoms with E-state index in [4.69, 9.17) is 5.73 Å². The Bertz CT molecular complexity index is 386. The van der Waals surface area contributed by atoms with Crippen molar-refractivity contribution in [1.29, 1.82) is 0 Å². The highest BCUT2D eigenvalue weighted by atomic mass is 32.2. The first-order chi connectivity index (χ1) is 8.96. The van der Waals surface area contributed by atoms with Gasteiger partial charge in [0.05, 0.1) is 11.5 Å². The van der Waals surface area contributed by atoms with Gasteiger partial charge in [0.15, 0.2) is 9.84 Å². The fraction of sp³-hybridized carbons (Fsp3) is 1.00. The van der Waals surface area contributed by atoms with Crippen molar-refractivity contribution in [2.75, 3.05) is 31.6 Å². The quantitative estimate of drug-likeness (QED) is 0.794. The Hall–Kier alpha value is -0.130. The maximum absolute atomic E-state index is 11.6. The van der Waals surface area contributed by atoms with Gasteiger partial charge in [0.1, 0.15) is 0 Å². The van der Waals surface area contributed by atoms with Gasteiger partial charge in [-0.3, -0.25) is 0 Å². The molecular formula is C14H28N2O2S. The highest BCUT2D eigenvalue weighted by Crippen LogP contribution is 2.35. The molecule has 0 bridgehead atoms. The van der Waals surface area contributed by atoms with E-state index in [2.05, 4.69) is 11.9 Å². The molecule has 2 N–H and O–H groups in total. The minimum atomic E-state index is -2.79. The molecule has 2 aliphatic rings. The summed E-state index contributed by atoms with van der Waals surface area (Å²) in [5, 5.41) is 0. The van der Waals surface area contributed by atoms with Crippen molar-refractivity contribution in [2.24, 2.45) is 11.1 Å². The molecule has 1 aliphatic carbocycles. The number of sulfone groups is 1. The van der Waals surface area contributed by atoms with Crippen LogP contribution < -0.4 is 5.73 Å². The standard InChI is InChI=1S/C14H28N2O2S/c1-16(13-6-9-19(17,18)10-13)12-14(11-15)7-4-2-3-5-8-14/h13H,2-12,15H2,1H3. The van der Waals surface area contributed by atoms with Crippen LogP contribution in [-0.4, -0.2) is 51.0 Å². The molecule has 1 heterocycles. The average molecular weight is 288 g/mol. The maximum Gasteiger partial charge on any atom is 0.151 e. The summed E-state index contributed by atoms with van der Waals surface area (Å²) in [6.07, 6.45) is 8.38. The second kappa shape index (κ2) is 6.10. The second-order valence-corrected chi connectivity index (χ2v) is 8.82. The van der Waals surface area contributed by atoms with E-state index in [9.17, 15) is 8.42 Å². The van der Waals surface area contributed by atoms with Crippen LogP contribution in [0.2, 0.25) is 0 Å². The fourth-order valence-electron chi connectivity index (χ4n) is 3.69. The molecule has 2 rings (SSSR count). The average Bonchev–Trinajstić information content (AvgIpc) is 2.60. The number of hydrogen-bond acceptors (Lipinski definition) is 4. The smallest absolute Gasteiger partial charge is 0.151 e. The molecule has 5 heteroatoms. The highest BCUT2D eigenvalue weighted by molar-refractivity contribution is 7.91. The number of nitrogens with zero attached hydrogens (tertiary/aromatic N) is 1. The number of hydrogen-bond donors (Lipinski definition) is 1. The van der Waals surface area contributed by atoms with Crippen LogP contribution in [0, 0.1) is 5.41 Å². The van der Waals surface area contributed by atoms with Crippen LogP contribution in [0.4, 0.5) is 0 Å². The first kappa shape index (κ1) is 15.3. The monoisotopic (exact) mass is 288 g/mol. The molecule has 1 aliphatic heterocycles. The van der Waals surface area contributed by atoms with Crippen LogP contribution in [0.15, 0.2) is 0 Å². The summed E-state index contributed by atoms with van der Waals surface area (Å²) in [6.45, 7) is 1.69. The molecule has 19 heavy (non-hydrogen) atoms. The van der Waals surface area contributed by atoms with Crippen molar-refractivity contribution in [3.63, 3.8) is 0 Å². The van der Waals surface area contributed by atoms with Crippen molar-refractivity contribution >= 4 is 9.84 Å². The number of rotatable bonds is 4. The molecule has 0 aromatic heterocycles. The minimum absolute atomic E-state index is 0.205. The predicted molar refractivity (Wildman–Crippen MR) is 78.9 cm³/mol. The van der Waals surface area contributed by atoms with E-state index in [1.54, 1.807) is 0 Å². The normalized spacial score (nSPS) is 30.4. The molecular weight excluding hydrogens is 260 g/mol. The molecule has 1 saturated heterocycles. The second-order valence-electron chi connectivity index (χ2n) is 6.59. The third kappa shape index (κ3) is 3.92. The van der Waals surface area contributed by atoms with Gasteiger partial charge in [0.25, 0.3) is 0 Å². The molecule has 112 valence electrons. The molecule has 2 fully saturated rings. The lowest BCUT2D eigenvalue weighted by molar-refractivity contribution is 0.131. The van der Waals surface area contributed by atoms with E-state index >= 15 is 0 Å². The van der Waals surface area contributed by atoms with E-state index in [-0.39, 0.29) is 11.5 Å². The molecule has 0 aromatic rings. The predicted octanol–water partition coefficient (Wildman–Crippen LogP) is 1.40. The van der Waals surface area contributed by atoms with Crippen molar-refractivity contribution < 1.29 is 8.42 Å². The molecule has 0 amide bonds. The summed E-state index contributed by atoms with van der Waals surface area (Å²) in [5.41, 5.74) is 6.28. The minimum Gasteiger partial charge on any atom is -0.330 e. The van der Waals surface area contributed by atoms with Crippen LogP contribution >= 0.6 is 0 Å². The zero-order chi connectivity index (χ0) is 13.9. The van der Waals surface area contributed by atoms with Gasteiger partial charge in [0.2, 0.25) is 0 Å². The highest BCUT2D eigenvalue weighted by Gasteiger charge is 2.36. The number of nitrogens with two attached hydrogens (primary N) is 1. The lowest BCUT2D eigenvalue weighted by Crippen LogP contribution is -2.45. The van der Waals surface area contributed by atoms with Gasteiger partial charge in [-0.15, -0.1) is 0 Å². The molecule has 0 aromatic carbocycles. The lowest BCUT2D eigenvalue weighted by Gasteiger charge is -2.37. The Labute approximate surface area is 117 Å². The third-order valence-corrected chi connectivity index (χ3v) is 6.76. The van der Waals surface area contributed by atoms with Gasteiger partial charge < -0.3 is 10.6 Å². The molecule has 1 unspecified atom stereocenters. The van der Waals surface area contributed by atoms with Crippen LogP contribution in [0.1, 0.15) is 44.9 Å². The summed E-state index contributed by atoms with van der Waals surface area (Å²) in [5.74, 6) is 0.696. The van der Waals surface area contributed by atoms with E-state index in [0.29, 0.717) is 11.5 Å². The Morgan fingerprint density at radius 1 is 1.21 bits per heavy atom. The molecule has 0 radical (unpaired) electrons. The topological polar surface area (TPSA) is 63.4 Å². The van der Waals surface area contributed by atoms with Crippen LogP contribution in [0.25, 0.3) is 0 Å². The van der Waals surface area contributed by atoms with Gasteiger partial charge in [-0.25, -0.2) is 8.42 Å². The largest absolute Gasteiger partial charge is 0.330 e. The van der Waals surface area contributed by atoms with Gasteiger partial charge >= 0.3 is 0 Å². The zero-order valence-corrected chi connectivity index (χ0v) is 12.9. The summed E-state index contributed by atoms with van der Waals surface area (Å²) >= 11 is 0. The van der Waals surface area contributed by atoms with Crippen LogP contribution in [-0.2, 0) is 9.84 Å². The Balaban J connectivity index is 1.97. The Morgan fingerprint density at radius 3 is 2.32 bits per heavy atom. The third-order valence-electron chi connectivity index (χ3n) is 5.01. The van der Waals surface area contributed by atoms with Crippen molar-refractivity contribution in [3.8, 4) is 0 Å².